The van der Waals surface area contributed by atoms with Crippen molar-refractivity contribution in [2.24, 2.45) is 0 Å². The van der Waals surface area contributed by atoms with Crippen LogP contribution in [0.4, 0.5) is 0 Å². The van der Waals surface area contributed by atoms with E-state index in [1.165, 1.54) is 5.56 Å². The minimum atomic E-state index is 0.320. The fraction of sp³-hybridized carbons (Fsp3) is 0.222. The molecule has 0 aliphatic rings. The zero-order chi connectivity index (χ0) is 16.6. The first kappa shape index (κ1) is 16.4. The maximum atomic E-state index is 6.01. The molecule has 0 spiro atoms. The molecule has 3 rings (SSSR count). The van der Waals surface area contributed by atoms with Gasteiger partial charge in [-0.1, -0.05) is 49.8 Å². The van der Waals surface area contributed by atoms with E-state index in [0.29, 0.717) is 26.0 Å². The van der Waals surface area contributed by atoms with Crippen molar-refractivity contribution in [2.45, 2.75) is 26.2 Å². The van der Waals surface area contributed by atoms with Crippen LogP contribution in [0.5, 0.6) is 0 Å². The van der Waals surface area contributed by atoms with Crippen LogP contribution in [-0.2, 0) is 0 Å². The molecule has 1 atom stereocenters. The highest BCUT2D eigenvalue weighted by molar-refractivity contribution is 7.72. The van der Waals surface area contributed by atoms with Gasteiger partial charge >= 0.3 is 0 Å². The zero-order valence-electron chi connectivity index (χ0n) is 12.9. The van der Waals surface area contributed by atoms with Crippen molar-refractivity contribution in [2.75, 3.05) is 0 Å². The topological polar surface area (TPSA) is 18.1 Å². The Morgan fingerprint density at radius 1 is 1.13 bits per heavy atom. The van der Waals surface area contributed by atoms with Gasteiger partial charge in [-0.05, 0) is 54.4 Å². The number of fused-ring (bicyclic) bond motifs is 1. The minimum absolute atomic E-state index is 0.320. The van der Waals surface area contributed by atoms with Crippen LogP contribution in [0.25, 0.3) is 16.7 Å². The Balaban J connectivity index is 2.18. The van der Waals surface area contributed by atoms with E-state index in [1.807, 2.05) is 18.2 Å². The first-order valence-electron chi connectivity index (χ1n) is 7.47. The summed E-state index contributed by atoms with van der Waals surface area (Å²) in [5.74, 6) is 0.531. The molecule has 118 valence electrons. The predicted molar refractivity (Wildman–Crippen MR) is 101 cm³/mol. The van der Waals surface area contributed by atoms with Crippen molar-refractivity contribution < 1.29 is 4.42 Å². The second-order valence-electron chi connectivity index (χ2n) is 5.55. The smallest absolute Gasteiger partial charge is 0.274 e. The van der Waals surface area contributed by atoms with Crippen LogP contribution in [0.1, 0.15) is 31.7 Å². The molecule has 0 aliphatic heterocycles. The molecule has 5 heteroatoms. The van der Waals surface area contributed by atoms with E-state index in [1.54, 1.807) is 16.7 Å². The van der Waals surface area contributed by atoms with Crippen molar-refractivity contribution >= 4 is 47.0 Å². The molecule has 1 heterocycles. The van der Waals surface area contributed by atoms with Gasteiger partial charge in [-0.25, -0.2) is 0 Å². The van der Waals surface area contributed by atoms with Crippen molar-refractivity contribution in [1.29, 1.82) is 0 Å². The van der Waals surface area contributed by atoms with Gasteiger partial charge in [-0.3, -0.25) is 4.57 Å². The maximum Gasteiger partial charge on any atom is 0.274 e. The van der Waals surface area contributed by atoms with Gasteiger partial charge in [0.15, 0.2) is 0 Å². The predicted octanol–water partition coefficient (Wildman–Crippen LogP) is 6.85. The summed E-state index contributed by atoms with van der Waals surface area (Å²) in [6, 6.07) is 13.7. The minimum Gasteiger partial charge on any atom is -0.430 e. The van der Waals surface area contributed by atoms with Crippen LogP contribution in [-0.4, -0.2) is 4.57 Å². The quantitative estimate of drug-likeness (QED) is 0.475. The highest BCUT2D eigenvalue weighted by Gasteiger charge is 2.09. The van der Waals surface area contributed by atoms with E-state index in [2.05, 4.69) is 26.0 Å². The number of hydrogen-bond acceptors (Lipinski definition) is 3. The lowest BCUT2D eigenvalue weighted by Gasteiger charge is -2.12. The molecule has 1 unspecified atom stereocenters. The van der Waals surface area contributed by atoms with Crippen LogP contribution in [0.15, 0.2) is 46.9 Å². The number of hydrogen-bond donors (Lipinski definition) is 0. The molecule has 0 amide bonds. The van der Waals surface area contributed by atoms with E-state index in [0.717, 1.165) is 17.5 Å². The molecule has 0 saturated heterocycles. The van der Waals surface area contributed by atoms with Crippen molar-refractivity contribution in [3.63, 3.8) is 0 Å². The maximum absolute atomic E-state index is 6.01. The molecule has 3 aromatic rings. The van der Waals surface area contributed by atoms with Gasteiger partial charge < -0.3 is 4.42 Å². The third-order valence-electron chi connectivity index (χ3n) is 4.09. The third kappa shape index (κ3) is 3.11. The summed E-state index contributed by atoms with van der Waals surface area (Å²) in [6.45, 7) is 4.40. The SMILES string of the molecule is CCC(C)c1ccc(-n2c(=S)oc3cc(Cl)ccc3c2=S)cc1. The number of benzene rings is 2. The Labute approximate surface area is 150 Å². The molecule has 0 fully saturated rings. The lowest BCUT2D eigenvalue weighted by atomic mass is 9.99. The second-order valence-corrected chi connectivity index (χ2v) is 6.72. The molecule has 0 aliphatic carbocycles. The van der Waals surface area contributed by atoms with Gasteiger partial charge in [0.1, 0.15) is 10.2 Å². The average molecular weight is 362 g/mol. The van der Waals surface area contributed by atoms with Crippen molar-refractivity contribution in [1.82, 2.24) is 4.57 Å². The van der Waals surface area contributed by atoms with E-state index >= 15 is 0 Å². The summed E-state index contributed by atoms with van der Waals surface area (Å²) in [4.78, 5) is 0.320. The van der Waals surface area contributed by atoms with Crippen LogP contribution >= 0.6 is 36.0 Å². The van der Waals surface area contributed by atoms with Crippen LogP contribution < -0.4 is 0 Å². The van der Waals surface area contributed by atoms with Crippen LogP contribution in [0, 0.1) is 9.48 Å². The molecule has 0 bridgehead atoms. The van der Waals surface area contributed by atoms with E-state index in [9.17, 15) is 0 Å². The third-order valence-corrected chi connectivity index (χ3v) is 4.99. The monoisotopic (exact) mass is 361 g/mol. The van der Waals surface area contributed by atoms with Gasteiger partial charge in [0.05, 0.1) is 11.1 Å². The first-order chi connectivity index (χ1) is 11.0. The summed E-state index contributed by atoms with van der Waals surface area (Å²) in [5, 5.41) is 1.42. The number of halogens is 1. The Morgan fingerprint density at radius 2 is 1.83 bits per heavy atom. The normalized spacial score (nSPS) is 12.5. The van der Waals surface area contributed by atoms with Crippen molar-refractivity contribution in [3.05, 3.63) is 62.5 Å². The first-order valence-corrected chi connectivity index (χ1v) is 8.66. The largest absolute Gasteiger partial charge is 0.430 e. The Morgan fingerprint density at radius 3 is 2.48 bits per heavy atom. The summed E-state index contributed by atoms with van der Waals surface area (Å²) in [5.41, 5.74) is 2.82. The second kappa shape index (κ2) is 6.56. The fourth-order valence-corrected chi connectivity index (χ4v) is 3.37. The Kier molecular flexibility index (Phi) is 4.67. The van der Waals surface area contributed by atoms with Crippen molar-refractivity contribution in [3.8, 4) is 5.69 Å². The molecule has 0 radical (unpaired) electrons. The number of aromatic nitrogens is 1. The molecule has 0 saturated carbocycles. The van der Waals surface area contributed by atoms with Gasteiger partial charge in [0.2, 0.25) is 0 Å². The molecule has 23 heavy (non-hydrogen) atoms. The number of nitrogens with zero attached hydrogens (tertiary/aromatic N) is 1. The molecule has 0 N–H and O–H groups in total. The lowest BCUT2D eigenvalue weighted by molar-refractivity contribution is 0.537. The van der Waals surface area contributed by atoms with Gasteiger partial charge in [0, 0.05) is 11.1 Å². The van der Waals surface area contributed by atoms with Gasteiger partial charge in [-0.2, -0.15) is 0 Å². The molecular formula is C18H16ClNOS2. The average Bonchev–Trinajstić information content (AvgIpc) is 2.54. The highest BCUT2D eigenvalue weighted by Crippen LogP contribution is 2.25. The van der Waals surface area contributed by atoms with Gasteiger partial charge in [0.25, 0.3) is 4.84 Å². The van der Waals surface area contributed by atoms with Crippen LogP contribution in [0.2, 0.25) is 5.02 Å². The Hall–Kier alpha value is -1.49. The highest BCUT2D eigenvalue weighted by atomic mass is 35.5. The fourth-order valence-electron chi connectivity index (χ4n) is 2.51. The summed E-state index contributed by atoms with van der Waals surface area (Å²) in [6.07, 6.45) is 1.11. The standard InChI is InChI=1S/C18H16ClNOS2/c1-3-11(2)12-4-7-14(8-5-12)20-17(22)15-9-6-13(19)10-16(15)21-18(20)23/h4-11H,3H2,1-2H3. The molecule has 2 aromatic carbocycles. The van der Waals surface area contributed by atoms with Crippen LogP contribution in [0.3, 0.4) is 0 Å². The van der Waals surface area contributed by atoms with E-state index in [-0.39, 0.29) is 0 Å². The lowest BCUT2D eigenvalue weighted by Crippen LogP contribution is -2.00. The zero-order valence-corrected chi connectivity index (χ0v) is 15.3. The Bertz CT molecular complexity index is 973. The summed E-state index contributed by atoms with van der Waals surface area (Å²) < 4.78 is 8.14. The van der Waals surface area contributed by atoms with E-state index < -0.39 is 0 Å². The molecule has 1 aromatic heterocycles. The molecule has 2 nitrogen and oxygen atoms in total. The number of rotatable bonds is 3. The summed E-state index contributed by atoms with van der Waals surface area (Å²) in [7, 11) is 0. The van der Waals surface area contributed by atoms with Gasteiger partial charge in [-0.15, -0.1) is 0 Å². The van der Waals surface area contributed by atoms with E-state index in [4.69, 9.17) is 40.5 Å². The summed E-state index contributed by atoms with van der Waals surface area (Å²) >= 11 is 17.0. The molecular weight excluding hydrogens is 346 g/mol.